The summed E-state index contributed by atoms with van der Waals surface area (Å²) in [5, 5.41) is 6.46. The molecule has 1 unspecified atom stereocenters. The first kappa shape index (κ1) is 13.5. The number of ether oxygens (including phenoxy) is 1. The second-order valence-electron chi connectivity index (χ2n) is 3.36. The van der Waals surface area contributed by atoms with Crippen LogP contribution >= 0.6 is 35.6 Å². The number of aromatic amines is 1. The fourth-order valence-electron chi connectivity index (χ4n) is 1.24. The SMILES string of the molecule is S=c1[nH]nc(CSCC(Cl)Oc2ccccc2)o1. The third-order valence-electron chi connectivity index (χ3n) is 1.96. The molecule has 0 fully saturated rings. The highest BCUT2D eigenvalue weighted by molar-refractivity contribution is 7.98. The van der Waals surface area contributed by atoms with Gasteiger partial charge in [0.2, 0.25) is 5.89 Å². The van der Waals surface area contributed by atoms with Gasteiger partial charge >= 0.3 is 0 Å². The summed E-state index contributed by atoms with van der Waals surface area (Å²) in [6, 6.07) is 9.47. The van der Waals surface area contributed by atoms with E-state index in [2.05, 4.69) is 10.2 Å². The number of para-hydroxylation sites is 1. The van der Waals surface area contributed by atoms with Crippen molar-refractivity contribution in [2.45, 2.75) is 11.3 Å². The standard InChI is InChI=1S/C11H11ClN2O2S2/c12-9(15-8-4-2-1-3-5-8)6-18-7-10-13-14-11(17)16-10/h1-5,9H,6-7H2,(H,14,17). The molecule has 4 nitrogen and oxygen atoms in total. The first-order valence-corrected chi connectivity index (χ1v) is 7.22. The number of hydrogen-bond acceptors (Lipinski definition) is 5. The second-order valence-corrected chi connectivity index (χ2v) is 5.25. The van der Waals surface area contributed by atoms with Crippen molar-refractivity contribution in [2.75, 3.05) is 5.75 Å². The van der Waals surface area contributed by atoms with Crippen molar-refractivity contribution >= 4 is 35.6 Å². The second kappa shape index (κ2) is 6.82. The molecule has 2 aromatic rings. The first-order valence-electron chi connectivity index (χ1n) is 5.22. The van der Waals surface area contributed by atoms with E-state index in [1.54, 1.807) is 11.8 Å². The summed E-state index contributed by atoms with van der Waals surface area (Å²) in [5.41, 5.74) is -0.390. The summed E-state index contributed by atoms with van der Waals surface area (Å²) < 4.78 is 10.6. The molecule has 1 atom stereocenters. The van der Waals surface area contributed by atoms with Crippen LogP contribution in [0, 0.1) is 4.84 Å². The Balaban J connectivity index is 1.72. The van der Waals surface area contributed by atoms with Gasteiger partial charge in [0.25, 0.3) is 4.84 Å². The van der Waals surface area contributed by atoms with Gasteiger partial charge in [0.15, 0.2) is 5.56 Å². The third kappa shape index (κ3) is 4.36. The number of thioether (sulfide) groups is 1. The van der Waals surface area contributed by atoms with Gasteiger partial charge in [-0.3, -0.25) is 0 Å². The Morgan fingerprint density at radius 2 is 2.22 bits per heavy atom. The van der Waals surface area contributed by atoms with Crippen LogP contribution in [0.1, 0.15) is 5.89 Å². The number of nitrogens with zero attached hydrogens (tertiary/aromatic N) is 1. The zero-order chi connectivity index (χ0) is 12.8. The molecule has 1 N–H and O–H groups in total. The summed E-state index contributed by atoms with van der Waals surface area (Å²) >= 11 is 12.4. The van der Waals surface area contributed by atoms with Crippen LogP contribution in [-0.4, -0.2) is 21.5 Å². The van der Waals surface area contributed by atoms with Gasteiger partial charge in [0.05, 0.1) is 5.75 Å². The van der Waals surface area contributed by atoms with E-state index < -0.39 is 0 Å². The van der Waals surface area contributed by atoms with Gasteiger partial charge in [-0.05, 0) is 24.4 Å². The summed E-state index contributed by atoms with van der Waals surface area (Å²) in [6.45, 7) is 0. The number of benzene rings is 1. The van der Waals surface area contributed by atoms with Gasteiger partial charge in [-0.2, -0.15) is 0 Å². The van der Waals surface area contributed by atoms with Crippen molar-refractivity contribution in [3.05, 3.63) is 41.1 Å². The first-order chi connectivity index (χ1) is 8.74. The molecule has 1 aromatic heterocycles. The lowest BCUT2D eigenvalue weighted by molar-refractivity contribution is 0.305. The van der Waals surface area contributed by atoms with Gasteiger partial charge in [-0.1, -0.05) is 29.8 Å². The molecule has 0 aliphatic carbocycles. The molecule has 0 aliphatic heterocycles. The molecule has 0 aliphatic rings. The Kier molecular flexibility index (Phi) is 5.10. The molecule has 18 heavy (non-hydrogen) atoms. The normalized spacial score (nSPS) is 12.3. The molecular weight excluding hydrogens is 292 g/mol. The molecule has 1 heterocycles. The van der Waals surface area contributed by atoms with E-state index in [9.17, 15) is 0 Å². The van der Waals surface area contributed by atoms with Crippen LogP contribution in [0.25, 0.3) is 0 Å². The van der Waals surface area contributed by atoms with Crippen LogP contribution in [0.3, 0.4) is 0 Å². The number of hydrogen-bond donors (Lipinski definition) is 1. The minimum Gasteiger partial charge on any atom is -0.474 e. The molecule has 0 saturated heterocycles. The molecule has 96 valence electrons. The number of nitrogens with one attached hydrogen (secondary N) is 1. The number of aromatic nitrogens is 2. The van der Waals surface area contributed by atoms with Crippen LogP contribution < -0.4 is 4.74 Å². The summed E-state index contributed by atoms with van der Waals surface area (Å²) in [7, 11) is 0. The molecule has 1 aromatic carbocycles. The van der Waals surface area contributed by atoms with Crippen molar-refractivity contribution in [3.63, 3.8) is 0 Å². The summed E-state index contributed by atoms with van der Waals surface area (Å²) in [5.74, 6) is 2.56. The molecule has 0 bridgehead atoms. The van der Waals surface area contributed by atoms with Gasteiger partial charge in [0.1, 0.15) is 5.75 Å². The lowest BCUT2D eigenvalue weighted by atomic mass is 10.3. The minimum absolute atomic E-state index is 0.286. The van der Waals surface area contributed by atoms with Gasteiger partial charge in [-0.25, -0.2) is 5.10 Å². The van der Waals surface area contributed by atoms with E-state index in [0.29, 0.717) is 17.4 Å². The maximum Gasteiger partial charge on any atom is 0.284 e. The number of H-pyrrole nitrogens is 1. The van der Waals surface area contributed by atoms with Gasteiger partial charge in [0, 0.05) is 5.75 Å². The zero-order valence-corrected chi connectivity index (χ0v) is 11.7. The van der Waals surface area contributed by atoms with Crippen LogP contribution in [0.4, 0.5) is 0 Å². The fraction of sp³-hybridized carbons (Fsp3) is 0.273. The van der Waals surface area contributed by atoms with E-state index in [1.165, 1.54) is 0 Å². The van der Waals surface area contributed by atoms with E-state index in [-0.39, 0.29) is 10.4 Å². The topological polar surface area (TPSA) is 51.0 Å². The summed E-state index contributed by atoms with van der Waals surface area (Å²) in [6.07, 6.45) is 0. The molecule has 2 rings (SSSR count). The average Bonchev–Trinajstić information content (AvgIpc) is 2.76. The van der Waals surface area contributed by atoms with Crippen LogP contribution in [-0.2, 0) is 5.75 Å². The predicted molar refractivity (Wildman–Crippen MR) is 74.6 cm³/mol. The van der Waals surface area contributed by atoms with E-state index >= 15 is 0 Å². The Hall–Kier alpha value is -0.980. The quantitative estimate of drug-likeness (QED) is 0.652. The number of rotatable bonds is 6. The highest BCUT2D eigenvalue weighted by Crippen LogP contribution is 2.18. The highest BCUT2D eigenvalue weighted by Gasteiger charge is 2.08. The van der Waals surface area contributed by atoms with Crippen molar-refractivity contribution in [1.29, 1.82) is 0 Å². The lowest BCUT2D eigenvalue weighted by Gasteiger charge is -2.11. The van der Waals surface area contributed by atoms with E-state index in [4.69, 9.17) is 33.0 Å². The van der Waals surface area contributed by atoms with Crippen molar-refractivity contribution in [1.82, 2.24) is 10.2 Å². The van der Waals surface area contributed by atoms with E-state index in [0.717, 1.165) is 5.75 Å². The fourth-order valence-corrected chi connectivity index (χ4v) is 2.42. The summed E-state index contributed by atoms with van der Waals surface area (Å²) in [4.78, 5) is 0.286. The minimum atomic E-state index is -0.390. The predicted octanol–water partition coefficient (Wildman–Crippen LogP) is 3.61. The van der Waals surface area contributed by atoms with Gasteiger partial charge in [-0.15, -0.1) is 16.9 Å². The molecule has 0 amide bonds. The van der Waals surface area contributed by atoms with Crippen LogP contribution in [0.2, 0.25) is 0 Å². The molecule has 0 saturated carbocycles. The Labute approximate surface area is 119 Å². The Morgan fingerprint density at radius 1 is 1.44 bits per heavy atom. The Morgan fingerprint density at radius 3 is 2.89 bits per heavy atom. The molecule has 0 spiro atoms. The maximum absolute atomic E-state index is 6.06. The zero-order valence-electron chi connectivity index (χ0n) is 9.34. The number of alkyl halides is 1. The van der Waals surface area contributed by atoms with E-state index in [1.807, 2.05) is 30.3 Å². The molecule has 7 heteroatoms. The Bertz CT molecular complexity index is 529. The highest BCUT2D eigenvalue weighted by atomic mass is 35.5. The van der Waals surface area contributed by atoms with Crippen LogP contribution in [0.15, 0.2) is 34.7 Å². The largest absolute Gasteiger partial charge is 0.474 e. The van der Waals surface area contributed by atoms with Crippen molar-refractivity contribution < 1.29 is 9.15 Å². The maximum atomic E-state index is 6.06. The monoisotopic (exact) mass is 302 g/mol. The van der Waals surface area contributed by atoms with Crippen LogP contribution in [0.5, 0.6) is 5.75 Å². The lowest BCUT2D eigenvalue weighted by Crippen LogP contribution is -2.11. The molecule has 0 radical (unpaired) electrons. The van der Waals surface area contributed by atoms with Gasteiger partial charge < -0.3 is 9.15 Å². The third-order valence-corrected chi connectivity index (χ3v) is 3.55. The average molecular weight is 303 g/mol. The molecular formula is C11H11ClN2O2S2. The number of halogens is 1. The van der Waals surface area contributed by atoms with Crippen molar-refractivity contribution in [3.8, 4) is 5.75 Å². The smallest absolute Gasteiger partial charge is 0.284 e. The van der Waals surface area contributed by atoms with Crippen molar-refractivity contribution in [2.24, 2.45) is 0 Å².